The first-order valence-electron chi connectivity index (χ1n) is 5.21. The molecule has 0 spiro atoms. The number of nitrogen functional groups attached to an aromatic ring is 1. The van der Waals surface area contributed by atoms with Gasteiger partial charge in [0.15, 0.2) is 0 Å². The van der Waals surface area contributed by atoms with Crippen molar-refractivity contribution >= 4 is 18.3 Å². The third-order valence-electron chi connectivity index (χ3n) is 2.51. The number of hydrogen-bond donors (Lipinski definition) is 4. The maximum absolute atomic E-state index is 12.5. The average Bonchev–Trinajstić information content (AvgIpc) is 2.26. The highest BCUT2D eigenvalue weighted by Crippen LogP contribution is 2.35. The first-order valence-corrected chi connectivity index (χ1v) is 5.84. The van der Waals surface area contributed by atoms with E-state index in [0.717, 1.165) is 18.2 Å². The van der Waals surface area contributed by atoms with Crippen LogP contribution in [0.4, 0.5) is 18.9 Å². The number of halogens is 3. The number of anilines is 1. The van der Waals surface area contributed by atoms with Gasteiger partial charge in [0.2, 0.25) is 0 Å². The van der Waals surface area contributed by atoms with E-state index in [0.29, 0.717) is 5.75 Å². The second kappa shape index (κ2) is 5.81. The SMILES string of the molecule is Nc1cc(C(O)C(O)CCS)ccc1C(F)(F)F. The average molecular weight is 281 g/mol. The van der Waals surface area contributed by atoms with Crippen molar-refractivity contribution in [2.75, 3.05) is 11.5 Å². The number of aliphatic hydroxyl groups excluding tert-OH is 2. The monoisotopic (exact) mass is 281 g/mol. The van der Waals surface area contributed by atoms with Crippen LogP contribution >= 0.6 is 12.6 Å². The van der Waals surface area contributed by atoms with E-state index in [1.807, 2.05) is 0 Å². The van der Waals surface area contributed by atoms with E-state index in [1.54, 1.807) is 0 Å². The quantitative estimate of drug-likeness (QED) is 0.504. The van der Waals surface area contributed by atoms with Gasteiger partial charge in [-0.1, -0.05) is 6.07 Å². The van der Waals surface area contributed by atoms with Crippen molar-refractivity contribution in [2.24, 2.45) is 0 Å². The molecule has 1 aromatic rings. The molecular formula is C11H14F3NO2S. The second-order valence-corrected chi connectivity index (χ2v) is 4.32. The van der Waals surface area contributed by atoms with Crippen molar-refractivity contribution < 1.29 is 23.4 Å². The van der Waals surface area contributed by atoms with Gasteiger partial charge in [-0.05, 0) is 29.9 Å². The number of aliphatic hydroxyl groups is 2. The van der Waals surface area contributed by atoms with Gasteiger partial charge >= 0.3 is 6.18 Å². The lowest BCUT2D eigenvalue weighted by molar-refractivity contribution is -0.136. The van der Waals surface area contributed by atoms with Crippen molar-refractivity contribution in [2.45, 2.75) is 24.8 Å². The fourth-order valence-corrected chi connectivity index (χ4v) is 1.80. The van der Waals surface area contributed by atoms with Crippen LogP contribution < -0.4 is 5.73 Å². The highest BCUT2D eigenvalue weighted by Gasteiger charge is 2.33. The second-order valence-electron chi connectivity index (χ2n) is 3.87. The Bertz CT molecular complexity index is 412. The summed E-state index contributed by atoms with van der Waals surface area (Å²) in [6.07, 6.45) is -6.66. The Morgan fingerprint density at radius 1 is 1.28 bits per heavy atom. The van der Waals surface area contributed by atoms with Gasteiger partial charge in [0.05, 0.1) is 11.7 Å². The van der Waals surface area contributed by atoms with E-state index in [-0.39, 0.29) is 12.0 Å². The first kappa shape index (κ1) is 15.1. The van der Waals surface area contributed by atoms with Crippen LogP contribution in [0.5, 0.6) is 0 Å². The predicted molar refractivity (Wildman–Crippen MR) is 65.3 cm³/mol. The summed E-state index contributed by atoms with van der Waals surface area (Å²) in [6.45, 7) is 0. The summed E-state index contributed by atoms with van der Waals surface area (Å²) >= 11 is 3.90. The Balaban J connectivity index is 2.97. The zero-order valence-corrected chi connectivity index (χ0v) is 10.2. The molecule has 1 aromatic carbocycles. The summed E-state index contributed by atoms with van der Waals surface area (Å²) < 4.78 is 37.4. The molecule has 0 heterocycles. The molecule has 1 rings (SSSR count). The van der Waals surface area contributed by atoms with Gasteiger partial charge in [0.1, 0.15) is 6.10 Å². The highest BCUT2D eigenvalue weighted by molar-refractivity contribution is 7.80. The molecule has 4 N–H and O–H groups in total. The molecule has 0 aliphatic heterocycles. The summed E-state index contributed by atoms with van der Waals surface area (Å²) in [5, 5.41) is 19.2. The van der Waals surface area contributed by atoms with E-state index >= 15 is 0 Å². The zero-order chi connectivity index (χ0) is 13.9. The summed E-state index contributed by atoms with van der Waals surface area (Å²) in [6, 6.07) is 2.92. The van der Waals surface area contributed by atoms with Crippen LogP contribution in [0.15, 0.2) is 18.2 Å². The van der Waals surface area contributed by atoms with Gasteiger partial charge in [0.25, 0.3) is 0 Å². The molecular weight excluding hydrogens is 267 g/mol. The Morgan fingerprint density at radius 2 is 1.89 bits per heavy atom. The molecule has 0 amide bonds. The molecule has 7 heteroatoms. The maximum atomic E-state index is 12.5. The summed E-state index contributed by atoms with van der Waals surface area (Å²) in [5.74, 6) is 0.355. The van der Waals surface area contributed by atoms with Gasteiger partial charge in [-0.25, -0.2) is 0 Å². The van der Waals surface area contributed by atoms with E-state index in [4.69, 9.17) is 5.73 Å². The van der Waals surface area contributed by atoms with Crippen molar-refractivity contribution in [1.82, 2.24) is 0 Å². The Kier molecular flexibility index (Phi) is 4.89. The zero-order valence-electron chi connectivity index (χ0n) is 9.35. The molecule has 0 radical (unpaired) electrons. The molecule has 0 saturated carbocycles. The van der Waals surface area contributed by atoms with Crippen LogP contribution in [-0.2, 0) is 6.18 Å². The van der Waals surface area contributed by atoms with Crippen LogP contribution in [0.1, 0.15) is 23.7 Å². The molecule has 2 atom stereocenters. The molecule has 102 valence electrons. The number of hydrogen-bond acceptors (Lipinski definition) is 4. The lowest BCUT2D eigenvalue weighted by atomic mass is 10.00. The number of benzene rings is 1. The van der Waals surface area contributed by atoms with E-state index in [2.05, 4.69) is 12.6 Å². The summed E-state index contributed by atoms with van der Waals surface area (Å²) in [5.41, 5.74) is 4.01. The third kappa shape index (κ3) is 3.54. The van der Waals surface area contributed by atoms with Crippen molar-refractivity contribution in [3.05, 3.63) is 29.3 Å². The topological polar surface area (TPSA) is 66.5 Å². The van der Waals surface area contributed by atoms with Crippen LogP contribution in [-0.4, -0.2) is 22.1 Å². The molecule has 0 aliphatic carbocycles. The molecule has 0 bridgehead atoms. The van der Waals surface area contributed by atoms with Crippen molar-refractivity contribution in [3.63, 3.8) is 0 Å². The normalized spacial score (nSPS) is 15.4. The number of alkyl halides is 3. The molecule has 2 unspecified atom stereocenters. The number of rotatable bonds is 4. The highest BCUT2D eigenvalue weighted by atomic mass is 32.1. The van der Waals surface area contributed by atoms with E-state index in [9.17, 15) is 23.4 Å². The van der Waals surface area contributed by atoms with Crippen LogP contribution in [0.2, 0.25) is 0 Å². The smallest absolute Gasteiger partial charge is 0.398 e. The fourth-order valence-electron chi connectivity index (χ4n) is 1.54. The number of thiol groups is 1. The van der Waals surface area contributed by atoms with Gasteiger partial charge in [-0.2, -0.15) is 25.8 Å². The molecule has 0 aromatic heterocycles. The first-order chi connectivity index (χ1) is 8.27. The van der Waals surface area contributed by atoms with E-state index in [1.165, 1.54) is 0 Å². The van der Waals surface area contributed by atoms with E-state index < -0.39 is 29.6 Å². The van der Waals surface area contributed by atoms with Crippen molar-refractivity contribution in [1.29, 1.82) is 0 Å². The lowest BCUT2D eigenvalue weighted by Gasteiger charge is -2.19. The largest absolute Gasteiger partial charge is 0.418 e. The molecule has 18 heavy (non-hydrogen) atoms. The van der Waals surface area contributed by atoms with Gasteiger partial charge in [-0.15, -0.1) is 0 Å². The third-order valence-corrected chi connectivity index (χ3v) is 2.77. The minimum atomic E-state index is -4.53. The van der Waals surface area contributed by atoms with Crippen LogP contribution in [0.25, 0.3) is 0 Å². The summed E-state index contributed by atoms with van der Waals surface area (Å²) in [4.78, 5) is 0. The Morgan fingerprint density at radius 3 is 2.33 bits per heavy atom. The van der Waals surface area contributed by atoms with Gasteiger partial charge in [0, 0.05) is 5.69 Å². The molecule has 0 saturated heterocycles. The molecule has 0 aliphatic rings. The van der Waals surface area contributed by atoms with Crippen LogP contribution in [0, 0.1) is 0 Å². The number of nitrogens with two attached hydrogens (primary N) is 1. The Hall–Kier alpha value is -0.920. The minimum Gasteiger partial charge on any atom is -0.398 e. The molecule has 0 fully saturated rings. The van der Waals surface area contributed by atoms with Crippen LogP contribution in [0.3, 0.4) is 0 Å². The summed E-state index contributed by atoms with van der Waals surface area (Å²) in [7, 11) is 0. The fraction of sp³-hybridized carbons (Fsp3) is 0.455. The standard InChI is InChI=1S/C11H14F3NO2S/c12-11(13,14)7-2-1-6(5-8(7)15)10(17)9(16)3-4-18/h1-2,5,9-10,16-18H,3-4,15H2. The minimum absolute atomic E-state index is 0.148. The van der Waals surface area contributed by atoms with Crippen molar-refractivity contribution in [3.8, 4) is 0 Å². The van der Waals surface area contributed by atoms with Gasteiger partial charge < -0.3 is 15.9 Å². The predicted octanol–water partition coefficient (Wildman–Crippen LogP) is 2.00. The van der Waals surface area contributed by atoms with Gasteiger partial charge in [-0.3, -0.25) is 0 Å². The lowest BCUT2D eigenvalue weighted by Crippen LogP contribution is -2.19. The molecule has 3 nitrogen and oxygen atoms in total. The maximum Gasteiger partial charge on any atom is 0.418 e. The Labute approximate surface area is 108 Å².